The summed E-state index contributed by atoms with van der Waals surface area (Å²) in [6.07, 6.45) is 14.6. The molecule has 0 saturated heterocycles. The van der Waals surface area contributed by atoms with Gasteiger partial charge < -0.3 is 0 Å². The third kappa shape index (κ3) is 3.27. The topological polar surface area (TPSA) is 0 Å². The lowest BCUT2D eigenvalue weighted by Crippen LogP contribution is -2.00. The number of allylic oxidation sites excluding steroid dienone is 5. The molecule has 0 bridgehead atoms. The van der Waals surface area contributed by atoms with Crippen molar-refractivity contribution >= 4 is 11.8 Å². The highest BCUT2D eigenvalue weighted by Crippen LogP contribution is 2.36. The molecule has 2 atom stereocenters. The number of hydrogen-bond donors (Lipinski definition) is 0. The standard InChI is InChI=1S/C14H20S/c1-11-3-7-13(8-4-11)15-14-9-5-12(2)6-10-14/h3,7-9,11-12H,4-6,10H2,1-2H3. The molecule has 0 amide bonds. The van der Waals surface area contributed by atoms with Gasteiger partial charge in [0, 0.05) is 4.91 Å². The van der Waals surface area contributed by atoms with Crippen molar-refractivity contribution in [3.05, 3.63) is 34.1 Å². The van der Waals surface area contributed by atoms with E-state index in [4.69, 9.17) is 0 Å². The van der Waals surface area contributed by atoms with Crippen LogP contribution in [0, 0.1) is 11.8 Å². The highest BCUT2D eigenvalue weighted by Gasteiger charge is 2.12. The van der Waals surface area contributed by atoms with Crippen LogP contribution < -0.4 is 0 Å². The van der Waals surface area contributed by atoms with Crippen LogP contribution in [-0.2, 0) is 0 Å². The molecule has 2 rings (SSSR count). The summed E-state index contributed by atoms with van der Waals surface area (Å²) in [6, 6.07) is 0. The maximum atomic E-state index is 2.44. The lowest BCUT2D eigenvalue weighted by atomic mass is 9.96. The lowest BCUT2D eigenvalue weighted by Gasteiger charge is -2.19. The molecule has 2 aliphatic rings. The van der Waals surface area contributed by atoms with Gasteiger partial charge in [-0.15, -0.1) is 0 Å². The second-order valence-electron chi connectivity index (χ2n) is 4.83. The van der Waals surface area contributed by atoms with Gasteiger partial charge in [-0.25, -0.2) is 0 Å². The quantitative estimate of drug-likeness (QED) is 0.637. The molecule has 0 aromatic heterocycles. The minimum absolute atomic E-state index is 0.731. The zero-order valence-corrected chi connectivity index (χ0v) is 10.5. The second kappa shape index (κ2) is 5.07. The van der Waals surface area contributed by atoms with Crippen LogP contribution in [0.15, 0.2) is 34.1 Å². The van der Waals surface area contributed by atoms with E-state index in [1.807, 2.05) is 11.8 Å². The van der Waals surface area contributed by atoms with Crippen molar-refractivity contribution in [2.45, 2.75) is 39.5 Å². The predicted molar refractivity (Wildman–Crippen MR) is 69.7 cm³/mol. The van der Waals surface area contributed by atoms with E-state index in [1.165, 1.54) is 30.6 Å². The second-order valence-corrected chi connectivity index (χ2v) is 6.03. The fourth-order valence-electron chi connectivity index (χ4n) is 1.97. The zero-order chi connectivity index (χ0) is 10.7. The smallest absolute Gasteiger partial charge is 0.00757 e. The van der Waals surface area contributed by atoms with Gasteiger partial charge in [0.15, 0.2) is 0 Å². The normalized spacial score (nSPS) is 31.1. The predicted octanol–water partition coefficient (Wildman–Crippen LogP) is 4.90. The van der Waals surface area contributed by atoms with Crippen molar-refractivity contribution in [1.82, 2.24) is 0 Å². The highest BCUT2D eigenvalue weighted by atomic mass is 32.2. The first-order valence-corrected chi connectivity index (χ1v) is 6.81. The summed E-state index contributed by atoms with van der Waals surface area (Å²) in [7, 11) is 0. The van der Waals surface area contributed by atoms with Gasteiger partial charge in [0.2, 0.25) is 0 Å². The largest absolute Gasteiger partial charge is 0.0952 e. The molecule has 0 aliphatic heterocycles. The SMILES string of the molecule is CC1C=CC(SC2=CCC(C)CC2)=CC1. The molecule has 0 N–H and O–H groups in total. The van der Waals surface area contributed by atoms with E-state index in [0.717, 1.165) is 11.8 Å². The fourth-order valence-corrected chi connectivity index (χ4v) is 3.00. The van der Waals surface area contributed by atoms with E-state index in [9.17, 15) is 0 Å². The van der Waals surface area contributed by atoms with E-state index in [2.05, 4.69) is 38.2 Å². The Kier molecular flexibility index (Phi) is 3.74. The van der Waals surface area contributed by atoms with Gasteiger partial charge in [0.25, 0.3) is 0 Å². The van der Waals surface area contributed by atoms with Gasteiger partial charge >= 0.3 is 0 Å². The minimum Gasteiger partial charge on any atom is -0.0952 e. The van der Waals surface area contributed by atoms with Gasteiger partial charge in [-0.05, 0) is 42.4 Å². The van der Waals surface area contributed by atoms with Crippen LogP contribution >= 0.6 is 11.8 Å². The molecule has 15 heavy (non-hydrogen) atoms. The summed E-state index contributed by atoms with van der Waals surface area (Å²) >= 11 is 1.98. The van der Waals surface area contributed by atoms with Crippen LogP contribution in [0.1, 0.15) is 39.5 Å². The Morgan fingerprint density at radius 3 is 2.67 bits per heavy atom. The molecular formula is C14H20S. The van der Waals surface area contributed by atoms with Crippen molar-refractivity contribution in [3.8, 4) is 0 Å². The van der Waals surface area contributed by atoms with Crippen molar-refractivity contribution in [3.63, 3.8) is 0 Å². The Hall–Kier alpha value is -0.430. The first-order chi connectivity index (χ1) is 7.24. The van der Waals surface area contributed by atoms with Gasteiger partial charge in [-0.3, -0.25) is 0 Å². The molecule has 0 radical (unpaired) electrons. The molecule has 82 valence electrons. The van der Waals surface area contributed by atoms with Gasteiger partial charge in [-0.2, -0.15) is 0 Å². The first-order valence-electron chi connectivity index (χ1n) is 5.99. The molecule has 0 nitrogen and oxygen atoms in total. The van der Waals surface area contributed by atoms with Crippen molar-refractivity contribution < 1.29 is 0 Å². The molecule has 0 fully saturated rings. The van der Waals surface area contributed by atoms with E-state index < -0.39 is 0 Å². The Bertz CT molecular complexity index is 309. The van der Waals surface area contributed by atoms with Gasteiger partial charge in [0.05, 0.1) is 0 Å². The number of thioether (sulfide) groups is 1. The number of rotatable bonds is 2. The molecule has 0 aromatic carbocycles. The Labute approximate surface area is 97.5 Å². The zero-order valence-electron chi connectivity index (χ0n) is 9.70. The Morgan fingerprint density at radius 1 is 1.20 bits per heavy atom. The third-order valence-corrected chi connectivity index (χ3v) is 4.33. The summed E-state index contributed by atoms with van der Waals surface area (Å²) in [6.45, 7) is 4.62. The summed E-state index contributed by atoms with van der Waals surface area (Å²) < 4.78 is 0. The monoisotopic (exact) mass is 220 g/mol. The molecule has 0 heterocycles. The molecule has 0 spiro atoms. The summed E-state index contributed by atoms with van der Waals surface area (Å²) in [4.78, 5) is 3.03. The fraction of sp³-hybridized carbons (Fsp3) is 0.571. The number of hydrogen-bond acceptors (Lipinski definition) is 1. The lowest BCUT2D eigenvalue weighted by molar-refractivity contribution is 0.524. The molecule has 2 unspecified atom stereocenters. The maximum absolute atomic E-state index is 2.44. The van der Waals surface area contributed by atoms with E-state index >= 15 is 0 Å². The van der Waals surface area contributed by atoms with Crippen LogP contribution in [0.25, 0.3) is 0 Å². The van der Waals surface area contributed by atoms with Crippen LogP contribution in [-0.4, -0.2) is 0 Å². The average molecular weight is 220 g/mol. The minimum atomic E-state index is 0.731. The summed E-state index contributed by atoms with van der Waals surface area (Å²) in [5.41, 5.74) is 0. The molecule has 0 saturated carbocycles. The Morgan fingerprint density at radius 2 is 2.07 bits per heavy atom. The summed E-state index contributed by atoms with van der Waals surface area (Å²) in [5.74, 6) is 1.62. The van der Waals surface area contributed by atoms with Crippen LogP contribution in [0.3, 0.4) is 0 Å². The highest BCUT2D eigenvalue weighted by molar-refractivity contribution is 8.06. The summed E-state index contributed by atoms with van der Waals surface area (Å²) in [5, 5.41) is 0. The molecular weight excluding hydrogens is 200 g/mol. The van der Waals surface area contributed by atoms with Crippen molar-refractivity contribution in [2.75, 3.05) is 0 Å². The van der Waals surface area contributed by atoms with E-state index in [1.54, 1.807) is 4.91 Å². The third-order valence-electron chi connectivity index (χ3n) is 3.16. The van der Waals surface area contributed by atoms with Gasteiger partial charge in [-0.1, -0.05) is 49.9 Å². The average Bonchev–Trinajstić information content (AvgIpc) is 2.25. The van der Waals surface area contributed by atoms with Crippen molar-refractivity contribution in [2.24, 2.45) is 11.8 Å². The van der Waals surface area contributed by atoms with Crippen LogP contribution in [0.5, 0.6) is 0 Å². The molecule has 2 aliphatic carbocycles. The van der Waals surface area contributed by atoms with Crippen LogP contribution in [0.2, 0.25) is 0 Å². The Balaban J connectivity index is 1.90. The maximum Gasteiger partial charge on any atom is 0.00757 e. The van der Waals surface area contributed by atoms with E-state index in [-0.39, 0.29) is 0 Å². The molecule has 0 aromatic rings. The van der Waals surface area contributed by atoms with E-state index in [0.29, 0.717) is 0 Å². The van der Waals surface area contributed by atoms with Crippen LogP contribution in [0.4, 0.5) is 0 Å². The first kappa shape index (κ1) is 11.1. The van der Waals surface area contributed by atoms with Gasteiger partial charge in [0.1, 0.15) is 0 Å². The molecule has 1 heteroatoms. The van der Waals surface area contributed by atoms with Crippen molar-refractivity contribution in [1.29, 1.82) is 0 Å².